The molecule has 0 amide bonds. The summed E-state index contributed by atoms with van der Waals surface area (Å²) in [5, 5.41) is 12.9. The molecule has 1 aromatic heterocycles. The topological polar surface area (TPSA) is 64.5 Å². The van der Waals surface area contributed by atoms with Crippen LogP contribution in [0.5, 0.6) is 0 Å². The number of pyridine rings is 1. The summed E-state index contributed by atoms with van der Waals surface area (Å²) >= 11 is 0. The van der Waals surface area contributed by atoms with Crippen LogP contribution >= 0.6 is 0 Å². The molecule has 6 heteroatoms. The van der Waals surface area contributed by atoms with Crippen molar-refractivity contribution in [1.82, 2.24) is 9.88 Å². The van der Waals surface area contributed by atoms with Crippen LogP contribution in [0.25, 0.3) is 0 Å². The smallest absolute Gasteiger partial charge is 0.278 e. The number of amidine groups is 1. The van der Waals surface area contributed by atoms with Gasteiger partial charge in [-0.2, -0.15) is 5.26 Å². The average Bonchev–Trinajstić information content (AvgIpc) is 2.34. The lowest BCUT2D eigenvalue weighted by molar-refractivity contribution is -0.480. The van der Waals surface area contributed by atoms with Crippen molar-refractivity contribution in [3.05, 3.63) is 30.1 Å². The fraction of sp³-hybridized carbons (Fsp3) is 0.333. The maximum absolute atomic E-state index is 9.03. The highest BCUT2D eigenvalue weighted by Gasteiger charge is 2.14. The number of aromatic nitrogens is 1. The molecule has 1 heterocycles. The van der Waals surface area contributed by atoms with Gasteiger partial charge in [-0.05, 0) is 12.1 Å². The van der Waals surface area contributed by atoms with Gasteiger partial charge < -0.3 is 0 Å². The van der Waals surface area contributed by atoms with Crippen LogP contribution in [-0.4, -0.2) is 54.4 Å². The van der Waals surface area contributed by atoms with Crippen molar-refractivity contribution in [2.75, 3.05) is 28.2 Å². The van der Waals surface area contributed by atoms with E-state index >= 15 is 0 Å². The monoisotopic (exact) mass is 246 g/mol. The summed E-state index contributed by atoms with van der Waals surface area (Å²) in [4.78, 5) is 11.1. The van der Waals surface area contributed by atoms with Crippen LogP contribution < -0.4 is 0 Å². The van der Waals surface area contributed by atoms with Gasteiger partial charge in [0.05, 0.1) is 28.2 Å². The largest absolute Gasteiger partial charge is 0.471 e. The second-order valence-electron chi connectivity index (χ2n) is 3.93. The summed E-state index contributed by atoms with van der Waals surface area (Å²) in [6.45, 7) is 0. The molecule has 0 unspecified atom stereocenters. The highest BCUT2D eigenvalue weighted by molar-refractivity contribution is 6.10. The number of hydrogen-bond acceptors (Lipinski definition) is 4. The third-order valence-electron chi connectivity index (χ3n) is 2.00. The molecule has 18 heavy (non-hydrogen) atoms. The standard InChI is InChI=1S/C12H16N5O/c1-16(2)12(17(3)4)18-15-11(9-13)10-7-5-6-8-14-10/h5-8H,1-4H3/q+1/b15-11-. The van der Waals surface area contributed by atoms with E-state index in [1.54, 1.807) is 33.9 Å². The summed E-state index contributed by atoms with van der Waals surface area (Å²) in [6, 6.07) is 7.76. The van der Waals surface area contributed by atoms with E-state index in [9.17, 15) is 0 Å². The van der Waals surface area contributed by atoms with E-state index in [-0.39, 0.29) is 5.71 Å². The molecule has 6 nitrogen and oxygen atoms in total. The molecule has 0 fully saturated rings. The Morgan fingerprint density at radius 3 is 2.61 bits per heavy atom. The molecule has 0 aliphatic heterocycles. The molecular formula is C12H16N5O+. The highest BCUT2D eigenvalue weighted by atomic mass is 16.6. The Hall–Kier alpha value is -2.42. The van der Waals surface area contributed by atoms with Crippen LogP contribution in [-0.2, 0) is 4.84 Å². The van der Waals surface area contributed by atoms with Gasteiger partial charge in [0.25, 0.3) is 0 Å². The molecule has 0 aromatic carbocycles. The molecule has 0 N–H and O–H groups in total. The van der Waals surface area contributed by atoms with E-state index < -0.39 is 0 Å². The predicted molar refractivity (Wildman–Crippen MR) is 68.3 cm³/mol. The molecule has 0 saturated carbocycles. The molecular weight excluding hydrogens is 230 g/mol. The summed E-state index contributed by atoms with van der Waals surface area (Å²) in [6.07, 6.45) is 1.60. The van der Waals surface area contributed by atoms with Crippen molar-refractivity contribution >= 4 is 11.7 Å². The Labute approximate surface area is 106 Å². The Morgan fingerprint density at radius 1 is 1.44 bits per heavy atom. The Kier molecular flexibility index (Phi) is 4.81. The van der Waals surface area contributed by atoms with Crippen LogP contribution in [0.15, 0.2) is 29.6 Å². The normalized spacial score (nSPS) is 10.5. The lowest BCUT2D eigenvalue weighted by atomic mass is 10.2. The summed E-state index contributed by atoms with van der Waals surface area (Å²) in [7, 11) is 7.32. The zero-order valence-electron chi connectivity index (χ0n) is 11.0. The van der Waals surface area contributed by atoms with Crippen molar-refractivity contribution in [3.8, 4) is 6.07 Å². The molecule has 0 radical (unpaired) electrons. The van der Waals surface area contributed by atoms with Crippen LogP contribution in [0.1, 0.15) is 5.69 Å². The van der Waals surface area contributed by atoms with Gasteiger partial charge in [-0.25, -0.2) is 9.48 Å². The zero-order chi connectivity index (χ0) is 13.5. The minimum Gasteiger partial charge on any atom is -0.278 e. The predicted octanol–water partition coefficient (Wildman–Crippen LogP) is 0.516. The van der Waals surface area contributed by atoms with Crippen LogP contribution in [0, 0.1) is 11.3 Å². The van der Waals surface area contributed by atoms with Crippen molar-refractivity contribution < 1.29 is 9.41 Å². The van der Waals surface area contributed by atoms with E-state index in [0.29, 0.717) is 11.7 Å². The van der Waals surface area contributed by atoms with Crippen molar-refractivity contribution in [2.45, 2.75) is 0 Å². The zero-order valence-corrected chi connectivity index (χ0v) is 11.0. The summed E-state index contributed by atoms with van der Waals surface area (Å²) in [5.41, 5.74) is 0.619. The lowest BCUT2D eigenvalue weighted by Crippen LogP contribution is -2.31. The van der Waals surface area contributed by atoms with Crippen LogP contribution in [0.2, 0.25) is 0 Å². The maximum Gasteiger partial charge on any atom is 0.471 e. The number of oxime groups is 1. The van der Waals surface area contributed by atoms with E-state index in [4.69, 9.17) is 10.1 Å². The van der Waals surface area contributed by atoms with Crippen molar-refractivity contribution in [1.29, 1.82) is 5.26 Å². The lowest BCUT2D eigenvalue weighted by Gasteiger charge is -2.07. The molecule has 0 aliphatic rings. The molecule has 1 aromatic rings. The molecule has 0 atom stereocenters. The van der Waals surface area contributed by atoms with Gasteiger partial charge >= 0.3 is 6.02 Å². The molecule has 0 spiro atoms. The second kappa shape index (κ2) is 6.35. The van der Waals surface area contributed by atoms with Crippen molar-refractivity contribution in [3.63, 3.8) is 0 Å². The highest BCUT2D eigenvalue weighted by Crippen LogP contribution is 1.98. The summed E-state index contributed by atoms with van der Waals surface area (Å²) in [5.74, 6) is 0. The van der Waals surface area contributed by atoms with Gasteiger partial charge in [0.1, 0.15) is 11.8 Å². The van der Waals surface area contributed by atoms with Gasteiger partial charge in [-0.15, -0.1) is 0 Å². The first kappa shape index (κ1) is 13.6. The Balaban J connectivity index is 2.96. The SMILES string of the molecule is CN(C)C(O/N=C(/C#N)c1ccccn1)=[N+](C)C. The van der Waals surface area contributed by atoms with E-state index in [1.807, 2.05) is 34.3 Å². The molecule has 1 rings (SSSR count). The van der Waals surface area contributed by atoms with Gasteiger partial charge in [0.15, 0.2) is 0 Å². The quantitative estimate of drug-likeness (QED) is 0.330. The van der Waals surface area contributed by atoms with Crippen molar-refractivity contribution in [2.24, 2.45) is 5.16 Å². The first-order chi connectivity index (χ1) is 8.56. The van der Waals surface area contributed by atoms with Gasteiger partial charge in [0, 0.05) is 6.20 Å². The van der Waals surface area contributed by atoms with Crippen LogP contribution in [0.4, 0.5) is 0 Å². The number of rotatable bonds is 2. The molecule has 0 saturated heterocycles. The minimum absolute atomic E-state index is 0.136. The molecule has 0 aliphatic carbocycles. The summed E-state index contributed by atoms with van der Waals surface area (Å²) < 4.78 is 1.76. The first-order valence-electron chi connectivity index (χ1n) is 5.34. The maximum atomic E-state index is 9.03. The average molecular weight is 246 g/mol. The third-order valence-corrected chi connectivity index (χ3v) is 2.00. The number of nitriles is 1. The molecule has 0 bridgehead atoms. The van der Waals surface area contributed by atoms with Gasteiger partial charge in [-0.3, -0.25) is 9.82 Å². The van der Waals surface area contributed by atoms with Crippen LogP contribution in [0.3, 0.4) is 0 Å². The van der Waals surface area contributed by atoms with E-state index in [1.165, 1.54) is 0 Å². The fourth-order valence-corrected chi connectivity index (χ4v) is 1.28. The second-order valence-corrected chi connectivity index (χ2v) is 3.93. The van der Waals surface area contributed by atoms with E-state index in [2.05, 4.69) is 10.1 Å². The minimum atomic E-state index is 0.136. The number of nitrogens with zero attached hydrogens (tertiary/aromatic N) is 5. The fourth-order valence-electron chi connectivity index (χ4n) is 1.28. The van der Waals surface area contributed by atoms with E-state index in [0.717, 1.165) is 0 Å². The Morgan fingerprint density at radius 2 is 2.17 bits per heavy atom. The number of hydrogen-bond donors (Lipinski definition) is 0. The van der Waals surface area contributed by atoms with Gasteiger partial charge in [0.2, 0.25) is 5.71 Å². The third kappa shape index (κ3) is 3.56. The Bertz CT molecular complexity index is 495. The molecule has 94 valence electrons. The first-order valence-corrected chi connectivity index (χ1v) is 5.34. The van der Waals surface area contributed by atoms with Gasteiger partial charge in [-0.1, -0.05) is 11.2 Å².